The van der Waals surface area contributed by atoms with Crippen molar-refractivity contribution < 1.29 is 21.6 Å². The van der Waals surface area contributed by atoms with Crippen LogP contribution in [-0.2, 0) is 16.2 Å². The topological polar surface area (TPSA) is 87.7 Å². The van der Waals surface area contributed by atoms with Gasteiger partial charge in [0.1, 0.15) is 0 Å². The standard InChI is InChI=1S/C10H9F3N4O2S2/c1-20-9-14-8(15-16-9)17-21(18,19)7-4-2-6(3-5-7)10(11,12)13/h2-5H,1H3,(H2,14,15,16,17). The SMILES string of the molecule is CSc1n[nH]c(NS(=O)(=O)c2ccc(C(F)(F)F)cc2)n1. The Hall–Kier alpha value is -1.75. The summed E-state index contributed by atoms with van der Waals surface area (Å²) in [5.74, 6) is -0.112. The maximum absolute atomic E-state index is 12.4. The predicted octanol–water partition coefficient (Wildman–Crippen LogP) is 2.35. The van der Waals surface area contributed by atoms with E-state index in [0.717, 1.165) is 12.1 Å². The Morgan fingerprint density at radius 3 is 2.33 bits per heavy atom. The fourth-order valence-corrected chi connectivity index (χ4v) is 2.67. The zero-order chi connectivity index (χ0) is 15.7. The Bertz CT molecular complexity index is 726. The molecule has 0 atom stereocenters. The molecule has 1 aromatic carbocycles. The van der Waals surface area contributed by atoms with Crippen molar-refractivity contribution in [2.24, 2.45) is 0 Å². The maximum Gasteiger partial charge on any atom is 0.416 e. The third-order valence-electron chi connectivity index (χ3n) is 2.37. The van der Waals surface area contributed by atoms with Gasteiger partial charge < -0.3 is 0 Å². The number of alkyl halides is 3. The van der Waals surface area contributed by atoms with Crippen LogP contribution in [0.5, 0.6) is 0 Å². The van der Waals surface area contributed by atoms with E-state index in [1.807, 2.05) is 0 Å². The van der Waals surface area contributed by atoms with Crippen LogP contribution in [0.3, 0.4) is 0 Å². The van der Waals surface area contributed by atoms with Gasteiger partial charge in [-0.3, -0.25) is 0 Å². The molecule has 21 heavy (non-hydrogen) atoms. The van der Waals surface area contributed by atoms with E-state index in [0.29, 0.717) is 17.3 Å². The Balaban J connectivity index is 2.23. The second-order valence-corrected chi connectivity index (χ2v) is 6.25. The summed E-state index contributed by atoms with van der Waals surface area (Å²) in [5, 5.41) is 6.41. The van der Waals surface area contributed by atoms with Gasteiger partial charge >= 0.3 is 6.18 Å². The lowest BCUT2D eigenvalue weighted by Crippen LogP contribution is -2.14. The molecular weight excluding hydrogens is 329 g/mol. The van der Waals surface area contributed by atoms with Crippen molar-refractivity contribution in [2.75, 3.05) is 11.0 Å². The molecule has 0 bridgehead atoms. The molecule has 0 spiro atoms. The summed E-state index contributed by atoms with van der Waals surface area (Å²) in [6.45, 7) is 0. The van der Waals surface area contributed by atoms with Gasteiger partial charge in [0.05, 0.1) is 10.5 Å². The van der Waals surface area contributed by atoms with Crippen molar-refractivity contribution in [3.63, 3.8) is 0 Å². The van der Waals surface area contributed by atoms with Crippen LogP contribution in [0.25, 0.3) is 0 Å². The number of thioether (sulfide) groups is 1. The largest absolute Gasteiger partial charge is 0.416 e. The highest BCUT2D eigenvalue weighted by Crippen LogP contribution is 2.29. The summed E-state index contributed by atoms with van der Waals surface area (Å²) in [4.78, 5) is 3.51. The number of nitrogens with one attached hydrogen (secondary N) is 2. The number of sulfonamides is 1. The lowest BCUT2D eigenvalue weighted by atomic mass is 10.2. The highest BCUT2D eigenvalue weighted by Gasteiger charge is 2.30. The Morgan fingerprint density at radius 1 is 1.24 bits per heavy atom. The molecule has 0 unspecified atom stereocenters. The Morgan fingerprint density at radius 2 is 1.86 bits per heavy atom. The minimum absolute atomic E-state index is 0.112. The third-order valence-corrected chi connectivity index (χ3v) is 4.27. The molecule has 0 radical (unpaired) electrons. The number of halogens is 3. The number of nitrogens with zero attached hydrogens (tertiary/aromatic N) is 2. The smallest absolute Gasteiger partial charge is 0.248 e. The maximum atomic E-state index is 12.4. The lowest BCUT2D eigenvalue weighted by molar-refractivity contribution is -0.137. The lowest BCUT2D eigenvalue weighted by Gasteiger charge is -2.08. The molecule has 0 aliphatic rings. The normalized spacial score (nSPS) is 12.4. The van der Waals surface area contributed by atoms with E-state index in [9.17, 15) is 21.6 Å². The third kappa shape index (κ3) is 3.67. The molecule has 1 aromatic heterocycles. The first kappa shape index (κ1) is 15.6. The number of benzene rings is 1. The summed E-state index contributed by atoms with van der Waals surface area (Å²) in [6, 6.07) is 3.14. The van der Waals surface area contributed by atoms with E-state index in [4.69, 9.17) is 0 Å². The average molecular weight is 338 g/mol. The molecule has 0 saturated heterocycles. The average Bonchev–Trinajstić information content (AvgIpc) is 2.85. The number of H-pyrrole nitrogens is 1. The second kappa shape index (κ2) is 5.56. The van der Waals surface area contributed by atoms with Crippen molar-refractivity contribution in [2.45, 2.75) is 16.2 Å². The van der Waals surface area contributed by atoms with Gasteiger partial charge in [-0.2, -0.15) is 18.2 Å². The number of aromatic amines is 1. The fraction of sp³-hybridized carbons (Fsp3) is 0.200. The van der Waals surface area contributed by atoms with E-state index in [1.165, 1.54) is 11.8 Å². The molecule has 6 nitrogen and oxygen atoms in total. The monoisotopic (exact) mass is 338 g/mol. The first-order valence-corrected chi connectivity index (χ1v) is 8.09. The molecule has 0 amide bonds. The van der Waals surface area contributed by atoms with Crippen LogP contribution < -0.4 is 4.72 Å². The predicted molar refractivity (Wildman–Crippen MR) is 70.4 cm³/mol. The van der Waals surface area contributed by atoms with Crippen molar-refractivity contribution in [3.8, 4) is 0 Å². The molecule has 0 aliphatic carbocycles. The highest BCUT2D eigenvalue weighted by atomic mass is 32.2. The van der Waals surface area contributed by atoms with Crippen molar-refractivity contribution >= 4 is 27.7 Å². The number of hydrogen-bond acceptors (Lipinski definition) is 5. The number of anilines is 1. The number of aromatic nitrogens is 3. The quantitative estimate of drug-likeness (QED) is 0.836. The molecule has 0 saturated carbocycles. The molecule has 11 heteroatoms. The molecule has 0 aliphatic heterocycles. The summed E-state index contributed by atoms with van der Waals surface area (Å²) >= 11 is 1.20. The van der Waals surface area contributed by atoms with Crippen molar-refractivity contribution in [3.05, 3.63) is 29.8 Å². The van der Waals surface area contributed by atoms with E-state index < -0.39 is 21.8 Å². The van der Waals surface area contributed by atoms with Crippen molar-refractivity contribution in [1.82, 2.24) is 15.2 Å². The highest BCUT2D eigenvalue weighted by molar-refractivity contribution is 7.98. The zero-order valence-corrected chi connectivity index (χ0v) is 12.1. The zero-order valence-electron chi connectivity index (χ0n) is 10.5. The van der Waals surface area contributed by atoms with E-state index in [2.05, 4.69) is 19.9 Å². The number of hydrogen-bond donors (Lipinski definition) is 2. The van der Waals surface area contributed by atoms with Gasteiger partial charge in [0.2, 0.25) is 11.1 Å². The first-order valence-electron chi connectivity index (χ1n) is 5.39. The Labute approximate surface area is 122 Å². The van der Waals surface area contributed by atoms with Gasteiger partial charge in [-0.1, -0.05) is 11.8 Å². The van der Waals surface area contributed by atoms with Gasteiger partial charge in [-0.05, 0) is 30.5 Å². The molecule has 0 fully saturated rings. The van der Waals surface area contributed by atoms with Gasteiger partial charge in [-0.25, -0.2) is 18.2 Å². The molecular formula is C10H9F3N4O2S2. The van der Waals surface area contributed by atoms with E-state index >= 15 is 0 Å². The first-order chi connectivity index (χ1) is 9.72. The van der Waals surface area contributed by atoms with Gasteiger partial charge in [-0.15, -0.1) is 5.10 Å². The summed E-state index contributed by atoms with van der Waals surface area (Å²) in [7, 11) is -4.03. The van der Waals surface area contributed by atoms with Crippen LogP contribution in [0.15, 0.2) is 34.3 Å². The summed E-state index contributed by atoms with van der Waals surface area (Å²) in [5.41, 5.74) is -0.925. The summed E-state index contributed by atoms with van der Waals surface area (Å²) in [6.07, 6.45) is -2.81. The van der Waals surface area contributed by atoms with Gasteiger partial charge in [0.25, 0.3) is 10.0 Å². The molecule has 2 N–H and O–H groups in total. The van der Waals surface area contributed by atoms with Gasteiger partial charge in [0, 0.05) is 0 Å². The minimum atomic E-state index is -4.52. The molecule has 1 heterocycles. The fourth-order valence-electron chi connectivity index (χ4n) is 1.39. The van der Waals surface area contributed by atoms with E-state index in [1.54, 1.807) is 6.26 Å². The van der Waals surface area contributed by atoms with Crippen LogP contribution in [0.1, 0.15) is 5.56 Å². The van der Waals surface area contributed by atoms with Crippen LogP contribution in [0.2, 0.25) is 0 Å². The van der Waals surface area contributed by atoms with Crippen LogP contribution in [-0.4, -0.2) is 29.9 Å². The summed E-state index contributed by atoms with van der Waals surface area (Å²) < 4.78 is 63.3. The van der Waals surface area contributed by atoms with Crippen LogP contribution in [0.4, 0.5) is 19.1 Å². The Kier molecular flexibility index (Phi) is 4.14. The number of rotatable bonds is 4. The molecule has 2 aromatic rings. The molecule has 114 valence electrons. The molecule has 2 rings (SSSR count). The van der Waals surface area contributed by atoms with E-state index in [-0.39, 0.29) is 10.8 Å². The van der Waals surface area contributed by atoms with Gasteiger partial charge in [0.15, 0.2) is 0 Å². The van der Waals surface area contributed by atoms with Crippen LogP contribution in [0, 0.1) is 0 Å². The van der Waals surface area contributed by atoms with Crippen molar-refractivity contribution in [1.29, 1.82) is 0 Å². The minimum Gasteiger partial charge on any atom is -0.248 e. The second-order valence-electron chi connectivity index (χ2n) is 3.80. The van der Waals surface area contributed by atoms with Crippen LogP contribution >= 0.6 is 11.8 Å².